The van der Waals surface area contributed by atoms with Gasteiger partial charge in [0, 0.05) is 18.0 Å². The molecule has 0 spiro atoms. The first-order valence-corrected chi connectivity index (χ1v) is 3.76. The van der Waals surface area contributed by atoms with Crippen LogP contribution in [0.2, 0.25) is 0 Å². The van der Waals surface area contributed by atoms with E-state index in [1.54, 1.807) is 11.7 Å². The summed E-state index contributed by atoms with van der Waals surface area (Å²) in [5.41, 5.74) is 3.73. The molecule has 0 saturated carbocycles. The highest BCUT2D eigenvalue weighted by molar-refractivity contribution is 5.78. The van der Waals surface area contributed by atoms with Gasteiger partial charge in [-0.25, -0.2) is 5.48 Å². The van der Waals surface area contributed by atoms with E-state index in [1.807, 2.05) is 0 Å². The Balaban J connectivity index is 2.12. The van der Waals surface area contributed by atoms with Gasteiger partial charge in [0.15, 0.2) is 0 Å². The van der Waals surface area contributed by atoms with Crippen LogP contribution in [-0.4, -0.2) is 21.3 Å². The number of fused-ring (bicyclic) bond motifs is 1. The Labute approximate surface area is 68.7 Å². The number of rotatable bonds is 1. The van der Waals surface area contributed by atoms with E-state index < -0.39 is 0 Å². The molecule has 1 aromatic heterocycles. The third kappa shape index (κ3) is 0.984. The van der Waals surface area contributed by atoms with Crippen LogP contribution in [0.4, 0.5) is 0 Å². The Hall–Kier alpha value is -1.36. The average molecular weight is 167 g/mol. The topological polar surface area (TPSA) is 78.0 Å². The quantitative estimate of drug-likeness (QED) is 0.394. The normalized spacial score (nSPS) is 20.6. The molecule has 5 heteroatoms. The summed E-state index contributed by atoms with van der Waals surface area (Å²) in [7, 11) is 0. The van der Waals surface area contributed by atoms with Gasteiger partial charge < -0.3 is 0 Å². The molecule has 0 fully saturated rings. The summed E-state index contributed by atoms with van der Waals surface area (Å²) in [6, 6.07) is 0. The Morgan fingerprint density at radius 3 is 3.25 bits per heavy atom. The minimum atomic E-state index is -0.320. The molecule has 1 amide bonds. The number of nitrogens with zero attached hydrogens (tertiary/aromatic N) is 1. The van der Waals surface area contributed by atoms with Gasteiger partial charge >= 0.3 is 0 Å². The summed E-state index contributed by atoms with van der Waals surface area (Å²) >= 11 is 0. The second-order valence-corrected chi connectivity index (χ2v) is 2.96. The molecule has 3 N–H and O–H groups in total. The number of aromatic nitrogens is 2. The smallest absolute Gasteiger partial charge is 0.247 e. The SMILES string of the molecule is O=C(NO)C1Cc2cn[nH]c2C1. The van der Waals surface area contributed by atoms with Crippen molar-refractivity contribution in [1.29, 1.82) is 0 Å². The molecule has 0 saturated heterocycles. The number of hydrogen-bond acceptors (Lipinski definition) is 3. The van der Waals surface area contributed by atoms with Crippen LogP contribution in [0.15, 0.2) is 6.20 Å². The lowest BCUT2D eigenvalue weighted by Crippen LogP contribution is -2.28. The molecule has 0 bridgehead atoms. The van der Waals surface area contributed by atoms with Crippen LogP contribution in [-0.2, 0) is 17.6 Å². The molecule has 0 aromatic carbocycles. The van der Waals surface area contributed by atoms with Crippen LogP contribution >= 0.6 is 0 Å². The van der Waals surface area contributed by atoms with Crippen LogP contribution in [0.5, 0.6) is 0 Å². The lowest BCUT2D eigenvalue weighted by Gasteiger charge is -2.04. The Morgan fingerprint density at radius 2 is 2.58 bits per heavy atom. The lowest BCUT2D eigenvalue weighted by atomic mass is 10.1. The van der Waals surface area contributed by atoms with Crippen LogP contribution in [0.1, 0.15) is 11.3 Å². The van der Waals surface area contributed by atoms with Crippen molar-refractivity contribution in [2.45, 2.75) is 12.8 Å². The van der Waals surface area contributed by atoms with Gasteiger partial charge in [-0.2, -0.15) is 5.10 Å². The largest absolute Gasteiger partial charge is 0.289 e. The first-order valence-electron chi connectivity index (χ1n) is 3.76. The lowest BCUT2D eigenvalue weighted by molar-refractivity contribution is -0.133. The first kappa shape index (κ1) is 7.30. The molecular weight excluding hydrogens is 158 g/mol. The molecule has 1 atom stereocenters. The number of nitrogens with one attached hydrogen (secondary N) is 2. The van der Waals surface area contributed by atoms with E-state index in [2.05, 4.69) is 10.2 Å². The Bertz CT molecular complexity index is 287. The molecule has 5 nitrogen and oxygen atoms in total. The standard InChI is InChI=1S/C7H9N3O2/c11-7(10-12)4-1-5-3-8-9-6(5)2-4/h3-4,12H,1-2H2,(H,8,9)(H,10,11). The van der Waals surface area contributed by atoms with Gasteiger partial charge in [-0.3, -0.25) is 15.1 Å². The van der Waals surface area contributed by atoms with E-state index in [4.69, 9.17) is 5.21 Å². The van der Waals surface area contributed by atoms with E-state index in [1.165, 1.54) is 0 Å². The zero-order valence-electron chi connectivity index (χ0n) is 6.37. The van der Waals surface area contributed by atoms with Gasteiger partial charge in [0.2, 0.25) is 5.91 Å². The number of hydrogen-bond donors (Lipinski definition) is 3. The fourth-order valence-electron chi connectivity index (χ4n) is 1.55. The van der Waals surface area contributed by atoms with E-state index in [-0.39, 0.29) is 11.8 Å². The van der Waals surface area contributed by atoms with Crippen molar-refractivity contribution in [2.75, 3.05) is 0 Å². The molecule has 1 heterocycles. The van der Waals surface area contributed by atoms with Gasteiger partial charge in [-0.15, -0.1) is 0 Å². The highest BCUT2D eigenvalue weighted by atomic mass is 16.5. The van der Waals surface area contributed by atoms with Crippen molar-refractivity contribution in [3.8, 4) is 0 Å². The molecule has 12 heavy (non-hydrogen) atoms. The molecule has 1 aliphatic rings. The van der Waals surface area contributed by atoms with E-state index in [0.29, 0.717) is 12.8 Å². The summed E-state index contributed by atoms with van der Waals surface area (Å²) in [5.74, 6) is -0.459. The summed E-state index contributed by atoms with van der Waals surface area (Å²) < 4.78 is 0. The predicted molar refractivity (Wildman–Crippen MR) is 39.4 cm³/mol. The Kier molecular flexibility index (Phi) is 1.58. The van der Waals surface area contributed by atoms with E-state index in [9.17, 15) is 4.79 Å². The molecule has 1 aromatic rings. The van der Waals surface area contributed by atoms with Crippen molar-refractivity contribution in [3.05, 3.63) is 17.5 Å². The highest BCUT2D eigenvalue weighted by Gasteiger charge is 2.28. The molecule has 0 aliphatic heterocycles. The maximum absolute atomic E-state index is 11.0. The highest BCUT2D eigenvalue weighted by Crippen LogP contribution is 2.24. The zero-order chi connectivity index (χ0) is 8.55. The van der Waals surface area contributed by atoms with E-state index >= 15 is 0 Å². The molecule has 1 aliphatic carbocycles. The minimum Gasteiger partial charge on any atom is -0.289 e. The van der Waals surface area contributed by atoms with Gasteiger partial charge in [0.1, 0.15) is 0 Å². The van der Waals surface area contributed by atoms with Crippen LogP contribution in [0.3, 0.4) is 0 Å². The third-order valence-electron chi connectivity index (χ3n) is 2.21. The van der Waals surface area contributed by atoms with Crippen LogP contribution in [0, 0.1) is 5.92 Å². The van der Waals surface area contributed by atoms with Crippen molar-refractivity contribution in [1.82, 2.24) is 15.7 Å². The first-order chi connectivity index (χ1) is 5.81. The van der Waals surface area contributed by atoms with Crippen LogP contribution in [0.25, 0.3) is 0 Å². The summed E-state index contributed by atoms with van der Waals surface area (Å²) in [5, 5.41) is 15.0. The summed E-state index contributed by atoms with van der Waals surface area (Å²) in [6.07, 6.45) is 3.03. The van der Waals surface area contributed by atoms with Crippen molar-refractivity contribution < 1.29 is 10.0 Å². The minimum absolute atomic E-state index is 0.140. The number of aromatic amines is 1. The molecule has 64 valence electrons. The molecule has 1 unspecified atom stereocenters. The van der Waals surface area contributed by atoms with Gasteiger partial charge in [-0.05, 0) is 12.0 Å². The second-order valence-electron chi connectivity index (χ2n) is 2.96. The third-order valence-corrected chi connectivity index (χ3v) is 2.21. The fraction of sp³-hybridized carbons (Fsp3) is 0.429. The monoisotopic (exact) mass is 167 g/mol. The molecular formula is C7H9N3O2. The van der Waals surface area contributed by atoms with Crippen molar-refractivity contribution in [3.63, 3.8) is 0 Å². The van der Waals surface area contributed by atoms with Gasteiger partial charge in [0.25, 0.3) is 0 Å². The van der Waals surface area contributed by atoms with E-state index in [0.717, 1.165) is 11.3 Å². The predicted octanol–water partition coefficient (Wildman–Crippen LogP) is -0.370. The zero-order valence-corrected chi connectivity index (χ0v) is 6.37. The van der Waals surface area contributed by atoms with Crippen molar-refractivity contribution >= 4 is 5.91 Å². The maximum atomic E-state index is 11.0. The number of carbonyl (C=O) groups is 1. The van der Waals surface area contributed by atoms with Crippen molar-refractivity contribution in [2.24, 2.45) is 5.92 Å². The number of hydroxylamine groups is 1. The van der Waals surface area contributed by atoms with Gasteiger partial charge in [0.05, 0.1) is 6.20 Å². The number of H-pyrrole nitrogens is 1. The fourth-order valence-corrected chi connectivity index (χ4v) is 1.55. The summed E-state index contributed by atoms with van der Waals surface area (Å²) in [4.78, 5) is 11.0. The average Bonchev–Trinajstić information content (AvgIpc) is 2.60. The Morgan fingerprint density at radius 1 is 1.75 bits per heavy atom. The number of amides is 1. The molecule has 2 rings (SSSR count). The maximum Gasteiger partial charge on any atom is 0.247 e. The van der Waals surface area contributed by atoms with Gasteiger partial charge in [-0.1, -0.05) is 0 Å². The molecule has 0 radical (unpaired) electrons. The van der Waals surface area contributed by atoms with Crippen LogP contribution < -0.4 is 5.48 Å². The number of carbonyl (C=O) groups excluding carboxylic acids is 1. The summed E-state index contributed by atoms with van der Waals surface area (Å²) in [6.45, 7) is 0. The second kappa shape index (κ2) is 2.60.